The minimum absolute atomic E-state index is 0.0829. The van der Waals surface area contributed by atoms with Gasteiger partial charge < -0.3 is 9.84 Å². The van der Waals surface area contributed by atoms with Crippen molar-refractivity contribution in [2.75, 3.05) is 6.61 Å². The minimum atomic E-state index is -0.553. The van der Waals surface area contributed by atoms with Crippen molar-refractivity contribution in [3.8, 4) is 0 Å². The van der Waals surface area contributed by atoms with Crippen LogP contribution in [-0.4, -0.2) is 23.5 Å². The summed E-state index contributed by atoms with van der Waals surface area (Å²) < 4.78 is 5.06. The average molecular weight is 298 g/mol. The van der Waals surface area contributed by atoms with Crippen molar-refractivity contribution in [3.05, 3.63) is 70.3 Å². The first-order valence-corrected chi connectivity index (χ1v) is 6.98. The quantitative estimate of drug-likeness (QED) is 0.681. The van der Waals surface area contributed by atoms with Crippen LogP contribution < -0.4 is 0 Å². The molecule has 1 N–H and O–H groups in total. The maximum absolute atomic E-state index is 12.1. The van der Waals surface area contributed by atoms with Gasteiger partial charge in [-0.1, -0.05) is 29.8 Å². The smallest absolute Gasteiger partial charge is 0.338 e. The molecule has 2 aromatic carbocycles. The van der Waals surface area contributed by atoms with Crippen molar-refractivity contribution in [1.82, 2.24) is 0 Å². The first-order valence-electron chi connectivity index (χ1n) is 6.98. The van der Waals surface area contributed by atoms with Crippen molar-refractivity contribution < 1.29 is 19.4 Å². The molecule has 0 spiro atoms. The number of carbonyl (C=O) groups is 2. The molecule has 0 fully saturated rings. The summed E-state index contributed by atoms with van der Waals surface area (Å²) in [5.41, 5.74) is 3.48. The Morgan fingerprint density at radius 2 is 1.73 bits per heavy atom. The molecule has 4 heteroatoms. The zero-order chi connectivity index (χ0) is 16.1. The maximum Gasteiger partial charge on any atom is 0.338 e. The lowest BCUT2D eigenvalue weighted by Crippen LogP contribution is -2.15. The lowest BCUT2D eigenvalue weighted by molar-refractivity contribution is 0.0474. The van der Waals surface area contributed by atoms with Gasteiger partial charge in [0.1, 0.15) is 0 Å². The molecule has 22 heavy (non-hydrogen) atoms. The highest BCUT2D eigenvalue weighted by molar-refractivity contribution is 6.00. The Hall–Kier alpha value is -2.46. The van der Waals surface area contributed by atoms with E-state index in [9.17, 15) is 9.59 Å². The highest BCUT2D eigenvalue weighted by Crippen LogP contribution is 2.12. The number of Topliss-reactive ketones (excluding diaryl/α,β-unsaturated/α-hetero) is 1. The zero-order valence-corrected chi connectivity index (χ0v) is 12.6. The zero-order valence-electron chi connectivity index (χ0n) is 12.6. The summed E-state index contributed by atoms with van der Waals surface area (Å²) in [4.78, 5) is 24.0. The second-order valence-corrected chi connectivity index (χ2v) is 5.17. The number of esters is 1. The normalized spacial score (nSPS) is 10.3. The predicted octanol–water partition coefficient (Wildman–Crippen LogP) is 2.84. The molecule has 0 bridgehead atoms. The standard InChI is InChI=1S/C18H18O4/c1-12-3-4-13(2)16(9-12)17(20)11-22-18(21)15-7-5-14(10-19)6-8-15/h3-9,19H,10-11H2,1-2H3. The molecule has 0 aliphatic carbocycles. The SMILES string of the molecule is Cc1ccc(C)c(C(=O)COC(=O)c2ccc(CO)cc2)c1. The number of rotatable bonds is 5. The molecule has 0 amide bonds. The molecule has 0 aliphatic rings. The molecule has 0 radical (unpaired) electrons. The Kier molecular flexibility index (Phi) is 5.07. The molecule has 0 saturated carbocycles. The fourth-order valence-corrected chi connectivity index (χ4v) is 2.07. The van der Waals surface area contributed by atoms with Gasteiger partial charge in [-0.3, -0.25) is 4.79 Å². The topological polar surface area (TPSA) is 63.6 Å². The molecule has 0 aliphatic heterocycles. The number of aliphatic hydroxyl groups excluding tert-OH is 1. The van der Waals surface area contributed by atoms with E-state index in [2.05, 4.69) is 0 Å². The fourth-order valence-electron chi connectivity index (χ4n) is 2.07. The molecule has 4 nitrogen and oxygen atoms in total. The number of aliphatic hydroxyl groups is 1. The van der Waals surface area contributed by atoms with E-state index in [0.717, 1.165) is 11.1 Å². The van der Waals surface area contributed by atoms with Crippen LogP contribution in [0.1, 0.15) is 37.4 Å². The van der Waals surface area contributed by atoms with Gasteiger partial charge in [-0.15, -0.1) is 0 Å². The average Bonchev–Trinajstić information content (AvgIpc) is 2.54. The van der Waals surface area contributed by atoms with Crippen molar-refractivity contribution in [3.63, 3.8) is 0 Å². The molecule has 114 valence electrons. The first kappa shape index (κ1) is 15.9. The Bertz CT molecular complexity index is 687. The number of hydrogen-bond acceptors (Lipinski definition) is 4. The summed E-state index contributed by atoms with van der Waals surface area (Å²) in [7, 11) is 0. The molecule has 2 aromatic rings. The summed E-state index contributed by atoms with van der Waals surface area (Å²) >= 11 is 0. The third kappa shape index (κ3) is 3.80. The van der Waals surface area contributed by atoms with Gasteiger partial charge >= 0.3 is 5.97 Å². The summed E-state index contributed by atoms with van der Waals surface area (Å²) in [5, 5.41) is 8.96. The lowest BCUT2D eigenvalue weighted by atomic mass is 10.0. The molecule has 0 aromatic heterocycles. The summed E-state index contributed by atoms with van der Waals surface area (Å²) in [6.45, 7) is 3.39. The van der Waals surface area contributed by atoms with Crippen LogP contribution in [0.15, 0.2) is 42.5 Å². The van der Waals surface area contributed by atoms with Crippen molar-refractivity contribution in [2.45, 2.75) is 20.5 Å². The second kappa shape index (κ2) is 7.00. The van der Waals surface area contributed by atoms with Gasteiger partial charge in [0.15, 0.2) is 6.61 Å². The van der Waals surface area contributed by atoms with E-state index >= 15 is 0 Å². The maximum atomic E-state index is 12.1. The third-order valence-electron chi connectivity index (χ3n) is 3.40. The number of ketones is 1. The fraction of sp³-hybridized carbons (Fsp3) is 0.222. The van der Waals surface area contributed by atoms with Crippen LogP contribution in [0.4, 0.5) is 0 Å². The molecular weight excluding hydrogens is 280 g/mol. The van der Waals surface area contributed by atoms with Crippen molar-refractivity contribution >= 4 is 11.8 Å². The Morgan fingerprint density at radius 3 is 2.36 bits per heavy atom. The van der Waals surface area contributed by atoms with Gasteiger partial charge in [0.2, 0.25) is 5.78 Å². The van der Waals surface area contributed by atoms with Crippen LogP contribution in [0.2, 0.25) is 0 Å². The highest BCUT2D eigenvalue weighted by Gasteiger charge is 2.13. The summed E-state index contributed by atoms with van der Waals surface area (Å²) in [5.74, 6) is -0.773. The largest absolute Gasteiger partial charge is 0.454 e. The third-order valence-corrected chi connectivity index (χ3v) is 3.40. The van der Waals surface area contributed by atoms with E-state index in [1.807, 2.05) is 26.0 Å². The van der Waals surface area contributed by atoms with Gasteiger partial charge in [-0.2, -0.15) is 0 Å². The summed E-state index contributed by atoms with van der Waals surface area (Å²) in [6, 6.07) is 12.0. The minimum Gasteiger partial charge on any atom is -0.454 e. The lowest BCUT2D eigenvalue weighted by Gasteiger charge is -2.08. The molecule has 0 saturated heterocycles. The van der Waals surface area contributed by atoms with Crippen LogP contribution in [0, 0.1) is 13.8 Å². The number of ether oxygens (including phenoxy) is 1. The number of hydrogen-bond donors (Lipinski definition) is 1. The Labute approximate surface area is 129 Å². The van der Waals surface area contributed by atoms with E-state index < -0.39 is 5.97 Å². The van der Waals surface area contributed by atoms with E-state index in [-0.39, 0.29) is 19.0 Å². The van der Waals surface area contributed by atoms with Crippen molar-refractivity contribution in [2.24, 2.45) is 0 Å². The van der Waals surface area contributed by atoms with E-state index in [1.54, 1.807) is 30.3 Å². The number of benzene rings is 2. The molecule has 2 rings (SSSR count). The van der Waals surface area contributed by atoms with Gasteiger partial charge in [0.25, 0.3) is 0 Å². The van der Waals surface area contributed by atoms with E-state index in [4.69, 9.17) is 9.84 Å². The monoisotopic (exact) mass is 298 g/mol. The van der Waals surface area contributed by atoms with Gasteiger partial charge in [-0.05, 0) is 43.2 Å². The summed E-state index contributed by atoms with van der Waals surface area (Å²) in [6.07, 6.45) is 0. The highest BCUT2D eigenvalue weighted by atomic mass is 16.5. The van der Waals surface area contributed by atoms with Gasteiger partial charge in [0, 0.05) is 5.56 Å². The van der Waals surface area contributed by atoms with Gasteiger partial charge in [-0.25, -0.2) is 4.79 Å². The molecule has 0 unspecified atom stereocenters. The molecular formula is C18H18O4. The van der Waals surface area contributed by atoms with Crippen molar-refractivity contribution in [1.29, 1.82) is 0 Å². The Morgan fingerprint density at radius 1 is 1.05 bits per heavy atom. The van der Waals surface area contributed by atoms with Gasteiger partial charge in [0.05, 0.1) is 12.2 Å². The Balaban J connectivity index is 2.00. The molecule has 0 atom stereocenters. The predicted molar refractivity (Wildman–Crippen MR) is 82.9 cm³/mol. The van der Waals surface area contributed by atoms with Crippen LogP contribution >= 0.6 is 0 Å². The second-order valence-electron chi connectivity index (χ2n) is 5.17. The van der Waals surface area contributed by atoms with E-state index in [1.165, 1.54) is 0 Å². The number of aryl methyl sites for hydroxylation is 2. The van der Waals surface area contributed by atoms with Crippen LogP contribution in [0.3, 0.4) is 0 Å². The van der Waals surface area contributed by atoms with Crippen LogP contribution in [0.5, 0.6) is 0 Å². The van der Waals surface area contributed by atoms with Crippen LogP contribution in [0.25, 0.3) is 0 Å². The first-order chi connectivity index (χ1) is 10.5. The number of carbonyl (C=O) groups excluding carboxylic acids is 2. The van der Waals surface area contributed by atoms with E-state index in [0.29, 0.717) is 16.7 Å². The molecule has 0 heterocycles. The van der Waals surface area contributed by atoms with Crippen LogP contribution in [-0.2, 0) is 11.3 Å².